The molecule has 1 aliphatic carbocycles. The summed E-state index contributed by atoms with van der Waals surface area (Å²) in [7, 11) is 0. The Morgan fingerprint density at radius 3 is 2.60 bits per heavy atom. The zero-order valence-electron chi connectivity index (χ0n) is 7.02. The molecule has 1 rings (SSSR count). The largest absolute Gasteiger partial charge is 0.0734 e. The second kappa shape index (κ2) is 3.05. The molecular formula is C10H15. The van der Waals surface area contributed by atoms with E-state index in [2.05, 4.69) is 39.0 Å². The first-order valence-corrected chi connectivity index (χ1v) is 3.98. The Labute approximate surface area is 63.6 Å². The molecule has 0 amide bonds. The summed E-state index contributed by atoms with van der Waals surface area (Å²) < 4.78 is 0. The Morgan fingerprint density at radius 2 is 2.20 bits per heavy atom. The van der Waals surface area contributed by atoms with Gasteiger partial charge in [0.15, 0.2) is 0 Å². The van der Waals surface area contributed by atoms with E-state index in [-0.39, 0.29) is 0 Å². The fraction of sp³-hybridized carbons (Fsp3) is 0.500. The van der Waals surface area contributed by atoms with Crippen LogP contribution in [0.25, 0.3) is 0 Å². The fourth-order valence-corrected chi connectivity index (χ4v) is 1.30. The fourth-order valence-electron chi connectivity index (χ4n) is 1.30. The quantitative estimate of drug-likeness (QED) is 0.545. The molecule has 1 atom stereocenters. The standard InChI is InChI=1S/C10H15/c1-4-8(2)10-7-5-6-9(10)3/h5-8H,4H2,1-3H3. The highest BCUT2D eigenvalue weighted by Crippen LogP contribution is 2.28. The minimum atomic E-state index is 0.731. The molecule has 1 radical (unpaired) electrons. The summed E-state index contributed by atoms with van der Waals surface area (Å²) in [5.41, 5.74) is 1.52. The molecule has 0 bridgehead atoms. The lowest BCUT2D eigenvalue weighted by Gasteiger charge is -2.13. The van der Waals surface area contributed by atoms with Crippen molar-refractivity contribution in [2.75, 3.05) is 0 Å². The molecular weight excluding hydrogens is 120 g/mol. The van der Waals surface area contributed by atoms with Gasteiger partial charge in [-0.05, 0) is 12.3 Å². The van der Waals surface area contributed by atoms with Gasteiger partial charge in [0.25, 0.3) is 0 Å². The number of hydrogen-bond donors (Lipinski definition) is 0. The van der Waals surface area contributed by atoms with E-state index in [0.29, 0.717) is 0 Å². The van der Waals surface area contributed by atoms with Crippen LogP contribution in [0.4, 0.5) is 0 Å². The lowest BCUT2D eigenvalue weighted by molar-refractivity contribution is 0.653. The van der Waals surface area contributed by atoms with Crippen LogP contribution in [0, 0.1) is 11.8 Å². The van der Waals surface area contributed by atoms with Gasteiger partial charge in [0.2, 0.25) is 0 Å². The summed E-state index contributed by atoms with van der Waals surface area (Å²) >= 11 is 0. The van der Waals surface area contributed by atoms with Crippen molar-refractivity contribution in [2.24, 2.45) is 5.92 Å². The van der Waals surface area contributed by atoms with Crippen molar-refractivity contribution < 1.29 is 0 Å². The highest BCUT2D eigenvalue weighted by Gasteiger charge is 2.14. The third-order valence-electron chi connectivity index (χ3n) is 2.22. The van der Waals surface area contributed by atoms with Gasteiger partial charge in [-0.1, -0.05) is 44.6 Å². The maximum Gasteiger partial charge on any atom is 0.0197 e. The van der Waals surface area contributed by atoms with Crippen LogP contribution in [-0.4, -0.2) is 0 Å². The van der Waals surface area contributed by atoms with Gasteiger partial charge in [-0.25, -0.2) is 0 Å². The van der Waals surface area contributed by atoms with E-state index >= 15 is 0 Å². The number of allylic oxidation sites excluding steroid dienone is 4. The van der Waals surface area contributed by atoms with Crippen LogP contribution >= 0.6 is 0 Å². The van der Waals surface area contributed by atoms with Gasteiger partial charge in [-0.2, -0.15) is 0 Å². The van der Waals surface area contributed by atoms with Crippen LogP contribution in [0.3, 0.4) is 0 Å². The highest BCUT2D eigenvalue weighted by molar-refractivity contribution is 5.42. The molecule has 0 N–H and O–H groups in total. The van der Waals surface area contributed by atoms with E-state index < -0.39 is 0 Å². The van der Waals surface area contributed by atoms with Crippen LogP contribution in [0.5, 0.6) is 0 Å². The van der Waals surface area contributed by atoms with E-state index in [1.807, 2.05) is 0 Å². The first-order valence-electron chi connectivity index (χ1n) is 3.98. The third kappa shape index (κ3) is 1.31. The van der Waals surface area contributed by atoms with Gasteiger partial charge in [0.1, 0.15) is 0 Å². The van der Waals surface area contributed by atoms with E-state index in [0.717, 1.165) is 5.92 Å². The molecule has 10 heavy (non-hydrogen) atoms. The molecule has 0 aromatic rings. The summed E-state index contributed by atoms with van der Waals surface area (Å²) in [4.78, 5) is 0. The lowest BCUT2D eigenvalue weighted by atomic mass is 9.91. The number of hydrogen-bond acceptors (Lipinski definition) is 0. The summed E-state index contributed by atoms with van der Waals surface area (Å²) in [6, 6.07) is 0. The zero-order valence-corrected chi connectivity index (χ0v) is 7.02. The smallest absolute Gasteiger partial charge is 0.0197 e. The van der Waals surface area contributed by atoms with Gasteiger partial charge < -0.3 is 0 Å². The average molecular weight is 135 g/mol. The van der Waals surface area contributed by atoms with Crippen LogP contribution in [0.2, 0.25) is 0 Å². The molecule has 1 unspecified atom stereocenters. The minimum Gasteiger partial charge on any atom is -0.0734 e. The van der Waals surface area contributed by atoms with Crippen LogP contribution in [0.15, 0.2) is 23.8 Å². The van der Waals surface area contributed by atoms with Crippen molar-refractivity contribution in [2.45, 2.75) is 27.2 Å². The van der Waals surface area contributed by atoms with E-state index in [1.54, 1.807) is 0 Å². The molecule has 55 valence electrons. The molecule has 0 aliphatic heterocycles. The molecule has 0 nitrogen and oxygen atoms in total. The van der Waals surface area contributed by atoms with Crippen molar-refractivity contribution >= 4 is 0 Å². The maximum atomic E-state index is 2.28. The maximum absolute atomic E-state index is 2.28. The zero-order chi connectivity index (χ0) is 7.56. The monoisotopic (exact) mass is 135 g/mol. The first-order chi connectivity index (χ1) is 4.75. The molecule has 0 aromatic heterocycles. The van der Waals surface area contributed by atoms with E-state index in [1.165, 1.54) is 17.9 Å². The Kier molecular flexibility index (Phi) is 2.31. The normalized spacial score (nSPS) is 21.3. The summed E-state index contributed by atoms with van der Waals surface area (Å²) in [6.07, 6.45) is 7.78. The van der Waals surface area contributed by atoms with Crippen molar-refractivity contribution in [3.8, 4) is 0 Å². The Bertz CT molecular complexity index is 163. The van der Waals surface area contributed by atoms with Gasteiger partial charge in [-0.15, -0.1) is 0 Å². The summed E-state index contributed by atoms with van der Waals surface area (Å²) in [5.74, 6) is 2.17. The molecule has 1 aliphatic rings. The highest BCUT2D eigenvalue weighted by atomic mass is 14.2. The van der Waals surface area contributed by atoms with Gasteiger partial charge in [0.05, 0.1) is 0 Å². The predicted octanol–water partition coefficient (Wildman–Crippen LogP) is 3.12. The molecule has 0 saturated heterocycles. The number of rotatable bonds is 2. The van der Waals surface area contributed by atoms with Crippen LogP contribution in [0.1, 0.15) is 27.2 Å². The Hall–Kier alpha value is -0.520. The molecule has 0 spiro atoms. The van der Waals surface area contributed by atoms with E-state index in [9.17, 15) is 0 Å². The van der Waals surface area contributed by atoms with Crippen molar-refractivity contribution in [1.29, 1.82) is 0 Å². The average Bonchev–Trinajstić information content (AvgIpc) is 2.34. The molecule has 0 fully saturated rings. The van der Waals surface area contributed by atoms with Crippen molar-refractivity contribution in [3.05, 3.63) is 29.7 Å². The second-order valence-corrected chi connectivity index (χ2v) is 2.97. The van der Waals surface area contributed by atoms with Crippen molar-refractivity contribution in [3.63, 3.8) is 0 Å². The molecule has 0 heterocycles. The summed E-state index contributed by atoms with van der Waals surface area (Å²) in [6.45, 7) is 6.70. The van der Waals surface area contributed by atoms with Crippen LogP contribution in [-0.2, 0) is 0 Å². The minimum absolute atomic E-state index is 0.731. The molecule has 0 heteroatoms. The Morgan fingerprint density at radius 1 is 1.50 bits per heavy atom. The predicted molar refractivity (Wildman–Crippen MR) is 45.6 cm³/mol. The van der Waals surface area contributed by atoms with E-state index in [4.69, 9.17) is 0 Å². The van der Waals surface area contributed by atoms with Gasteiger partial charge in [-0.3, -0.25) is 0 Å². The summed E-state index contributed by atoms with van der Waals surface area (Å²) in [5, 5.41) is 0. The van der Waals surface area contributed by atoms with Crippen molar-refractivity contribution in [1.82, 2.24) is 0 Å². The van der Waals surface area contributed by atoms with Crippen LogP contribution < -0.4 is 0 Å². The first kappa shape index (κ1) is 7.59. The van der Waals surface area contributed by atoms with Gasteiger partial charge in [0, 0.05) is 5.92 Å². The third-order valence-corrected chi connectivity index (χ3v) is 2.22. The topological polar surface area (TPSA) is 0 Å². The molecule has 0 aromatic carbocycles. The SMILES string of the molecule is CCC(C)C1=CC=C[C]1C. The Balaban J connectivity index is 2.58. The molecule has 0 saturated carbocycles. The second-order valence-electron chi connectivity index (χ2n) is 2.97. The van der Waals surface area contributed by atoms with Gasteiger partial charge >= 0.3 is 0 Å². The lowest BCUT2D eigenvalue weighted by Crippen LogP contribution is -2.00.